The first-order chi connectivity index (χ1) is 13.3. The molecule has 2 amide bonds. The molecule has 28 heavy (non-hydrogen) atoms. The lowest BCUT2D eigenvalue weighted by molar-refractivity contribution is -0.147. The summed E-state index contributed by atoms with van der Waals surface area (Å²) in [4.78, 5) is 32.3. The van der Waals surface area contributed by atoms with Gasteiger partial charge in [0, 0.05) is 25.9 Å². The van der Waals surface area contributed by atoms with Gasteiger partial charge in [-0.1, -0.05) is 6.92 Å². The van der Waals surface area contributed by atoms with E-state index in [1.807, 2.05) is 0 Å². The second-order valence-electron chi connectivity index (χ2n) is 6.79. The van der Waals surface area contributed by atoms with E-state index in [4.69, 9.17) is 4.74 Å². The Bertz CT molecular complexity index is 847. The number of sulfonamides is 1. The highest BCUT2D eigenvalue weighted by Crippen LogP contribution is 2.23. The van der Waals surface area contributed by atoms with Crippen molar-refractivity contribution in [2.24, 2.45) is 0 Å². The first kappa shape index (κ1) is 20.6. The molecule has 2 saturated heterocycles. The monoisotopic (exact) mass is 414 g/mol. The summed E-state index contributed by atoms with van der Waals surface area (Å²) in [5.41, 5.74) is 0.239. The summed E-state index contributed by atoms with van der Waals surface area (Å²) >= 11 is 0. The van der Waals surface area contributed by atoms with Gasteiger partial charge in [-0.3, -0.25) is 14.5 Å². The molecule has 2 aliphatic rings. The van der Waals surface area contributed by atoms with Crippen LogP contribution in [0.5, 0.6) is 5.88 Å². The van der Waals surface area contributed by atoms with Gasteiger partial charge in [0.05, 0.1) is 18.0 Å². The lowest BCUT2D eigenvalue weighted by Crippen LogP contribution is -2.44. The van der Waals surface area contributed by atoms with Crippen molar-refractivity contribution in [3.8, 4) is 5.88 Å². The smallest absolute Gasteiger partial charge is 0.254 e. The number of aromatic nitrogens is 2. The van der Waals surface area contributed by atoms with E-state index in [0.29, 0.717) is 19.3 Å². The van der Waals surface area contributed by atoms with Gasteiger partial charge in [0.1, 0.15) is 12.4 Å². The second-order valence-corrected chi connectivity index (χ2v) is 8.88. The second kappa shape index (κ2) is 8.48. The average Bonchev–Trinajstić information content (AvgIpc) is 3.12. The van der Waals surface area contributed by atoms with Crippen LogP contribution in [0.1, 0.15) is 38.3 Å². The van der Waals surface area contributed by atoms with Gasteiger partial charge < -0.3 is 4.74 Å². The Kier molecular flexibility index (Phi) is 6.23. The van der Waals surface area contributed by atoms with Crippen molar-refractivity contribution in [3.63, 3.8) is 0 Å². The fourth-order valence-corrected chi connectivity index (χ4v) is 4.75. The Balaban J connectivity index is 1.58. The van der Waals surface area contributed by atoms with Gasteiger partial charge in [-0.25, -0.2) is 13.4 Å². The molecule has 0 spiro atoms. The third-order valence-electron chi connectivity index (χ3n) is 4.90. The van der Waals surface area contributed by atoms with Crippen molar-refractivity contribution in [1.82, 2.24) is 19.2 Å². The number of nitrogens with zero attached hydrogens (tertiary/aromatic N) is 4. The van der Waals surface area contributed by atoms with Crippen LogP contribution in [-0.4, -0.2) is 70.9 Å². The van der Waals surface area contributed by atoms with Crippen LogP contribution in [0.2, 0.25) is 0 Å². The number of hydrogen-bond donors (Lipinski definition) is 0. The van der Waals surface area contributed by atoms with Gasteiger partial charge in [0.15, 0.2) is 0 Å². The molecule has 2 fully saturated rings. The molecule has 0 saturated carbocycles. The highest BCUT2D eigenvalue weighted by atomic mass is 32.2. The van der Waals surface area contributed by atoms with Crippen LogP contribution < -0.4 is 4.74 Å². The number of ether oxygens (including phenoxy) is 1. The number of rotatable bonds is 7. The molecule has 0 aliphatic carbocycles. The minimum atomic E-state index is -3.67. The molecule has 0 radical (unpaired) electrons. The van der Waals surface area contributed by atoms with Crippen LogP contribution in [0, 0.1) is 5.82 Å². The molecule has 1 aromatic heterocycles. The van der Waals surface area contributed by atoms with Crippen molar-refractivity contribution in [3.05, 3.63) is 17.8 Å². The zero-order valence-electron chi connectivity index (χ0n) is 15.6. The quantitative estimate of drug-likeness (QED) is 0.598. The molecule has 9 nitrogen and oxygen atoms in total. The third kappa shape index (κ3) is 4.46. The number of aryl methyl sites for hydroxylation is 1. The SMILES string of the molecule is CCc1ncnc(O[C@H]2CCN(S(=O)(=O)CCN3C(=O)CCCC3=O)C2)c1F. The van der Waals surface area contributed by atoms with Crippen molar-refractivity contribution in [1.29, 1.82) is 0 Å². The zero-order chi connectivity index (χ0) is 20.3. The fraction of sp³-hybridized carbons (Fsp3) is 0.647. The van der Waals surface area contributed by atoms with E-state index in [-0.39, 0.29) is 61.6 Å². The zero-order valence-corrected chi connectivity index (χ0v) is 16.5. The van der Waals surface area contributed by atoms with E-state index < -0.39 is 21.9 Å². The topological polar surface area (TPSA) is 110 Å². The van der Waals surface area contributed by atoms with Crippen LogP contribution in [0.4, 0.5) is 4.39 Å². The maximum atomic E-state index is 14.2. The molecule has 0 aromatic carbocycles. The molecule has 0 unspecified atom stereocenters. The van der Waals surface area contributed by atoms with E-state index in [0.717, 1.165) is 4.90 Å². The van der Waals surface area contributed by atoms with E-state index in [9.17, 15) is 22.4 Å². The molecular formula is C17H23FN4O5S. The number of hydrogen-bond acceptors (Lipinski definition) is 7. The number of halogens is 1. The van der Waals surface area contributed by atoms with Crippen molar-refractivity contribution < 1.29 is 27.1 Å². The van der Waals surface area contributed by atoms with Crippen LogP contribution in [-0.2, 0) is 26.0 Å². The Labute approximate surface area is 162 Å². The summed E-state index contributed by atoms with van der Waals surface area (Å²) in [5, 5.41) is 0. The molecule has 3 heterocycles. The van der Waals surface area contributed by atoms with Crippen LogP contribution in [0.15, 0.2) is 6.33 Å². The number of amides is 2. The largest absolute Gasteiger partial charge is 0.471 e. The van der Waals surface area contributed by atoms with Crippen molar-refractivity contribution >= 4 is 21.8 Å². The molecule has 2 aliphatic heterocycles. The Hall–Kier alpha value is -2.14. The van der Waals surface area contributed by atoms with Gasteiger partial charge in [0.2, 0.25) is 27.7 Å². The number of carbonyl (C=O) groups excluding carboxylic acids is 2. The first-order valence-corrected chi connectivity index (χ1v) is 10.9. The summed E-state index contributed by atoms with van der Waals surface area (Å²) < 4.78 is 46.2. The van der Waals surface area contributed by atoms with Gasteiger partial charge >= 0.3 is 0 Å². The average molecular weight is 414 g/mol. The van der Waals surface area contributed by atoms with Crippen LogP contribution in [0.25, 0.3) is 0 Å². The Morgan fingerprint density at radius 1 is 1.25 bits per heavy atom. The summed E-state index contributed by atoms with van der Waals surface area (Å²) in [5.74, 6) is -1.81. The molecule has 0 bridgehead atoms. The van der Waals surface area contributed by atoms with Gasteiger partial charge in [-0.05, 0) is 19.3 Å². The molecule has 0 N–H and O–H groups in total. The normalized spacial score (nSPS) is 21.4. The number of carbonyl (C=O) groups is 2. The Morgan fingerprint density at radius 2 is 1.96 bits per heavy atom. The molecule has 11 heteroatoms. The van der Waals surface area contributed by atoms with Gasteiger partial charge in [-0.2, -0.15) is 13.7 Å². The first-order valence-electron chi connectivity index (χ1n) is 9.29. The minimum absolute atomic E-state index is 0.0646. The predicted molar refractivity (Wildman–Crippen MR) is 96.3 cm³/mol. The maximum Gasteiger partial charge on any atom is 0.254 e. The van der Waals surface area contributed by atoms with Crippen LogP contribution >= 0.6 is 0 Å². The molecular weight excluding hydrogens is 391 g/mol. The van der Waals surface area contributed by atoms with Crippen molar-refractivity contribution in [2.75, 3.05) is 25.4 Å². The minimum Gasteiger partial charge on any atom is -0.471 e. The molecule has 1 aromatic rings. The number of imide groups is 1. The van der Waals surface area contributed by atoms with E-state index in [1.165, 1.54) is 10.6 Å². The standard InChI is InChI=1S/C17H23FN4O5S/c1-2-13-16(18)17(20-11-19-13)27-12-6-7-21(10-12)28(25,26)9-8-22-14(23)4-3-5-15(22)24/h11-12H,2-10H2,1H3/t12-/m0/s1. The van der Waals surface area contributed by atoms with E-state index >= 15 is 0 Å². The highest BCUT2D eigenvalue weighted by molar-refractivity contribution is 7.89. The fourth-order valence-electron chi connectivity index (χ4n) is 3.31. The molecule has 154 valence electrons. The lowest BCUT2D eigenvalue weighted by Gasteiger charge is -2.25. The predicted octanol–water partition coefficient (Wildman–Crippen LogP) is 0.500. The summed E-state index contributed by atoms with van der Waals surface area (Å²) in [6.45, 7) is 1.90. The van der Waals surface area contributed by atoms with Gasteiger partial charge in [-0.15, -0.1) is 0 Å². The summed E-state index contributed by atoms with van der Waals surface area (Å²) in [6.07, 6.45) is 2.50. The number of likely N-dealkylation sites (tertiary alicyclic amines) is 1. The third-order valence-corrected chi connectivity index (χ3v) is 6.72. The summed E-state index contributed by atoms with van der Waals surface area (Å²) in [6, 6.07) is 0. The van der Waals surface area contributed by atoms with Crippen LogP contribution in [0.3, 0.4) is 0 Å². The summed E-state index contributed by atoms with van der Waals surface area (Å²) in [7, 11) is -3.67. The Morgan fingerprint density at radius 3 is 2.64 bits per heavy atom. The lowest BCUT2D eigenvalue weighted by atomic mass is 10.1. The highest BCUT2D eigenvalue weighted by Gasteiger charge is 2.35. The maximum absolute atomic E-state index is 14.2. The van der Waals surface area contributed by atoms with Crippen molar-refractivity contribution in [2.45, 2.75) is 45.1 Å². The van der Waals surface area contributed by atoms with Gasteiger partial charge in [0.25, 0.3) is 5.88 Å². The molecule has 3 rings (SSSR count). The van der Waals surface area contributed by atoms with E-state index in [2.05, 4.69) is 9.97 Å². The number of piperidine rings is 1. The molecule has 1 atom stereocenters. The van der Waals surface area contributed by atoms with E-state index in [1.54, 1.807) is 6.92 Å².